The maximum absolute atomic E-state index is 14.4. The third-order valence-corrected chi connectivity index (χ3v) is 5.65. The van der Waals surface area contributed by atoms with Gasteiger partial charge >= 0.3 is 5.97 Å². The van der Waals surface area contributed by atoms with E-state index in [2.05, 4.69) is 10.2 Å². The first-order chi connectivity index (χ1) is 12.5. The second-order valence-corrected chi connectivity index (χ2v) is 7.74. The molecule has 0 atom stereocenters. The minimum absolute atomic E-state index is 0.0166. The lowest BCUT2D eigenvalue weighted by atomic mass is 9.73. The Kier molecular flexibility index (Phi) is 5.90. The van der Waals surface area contributed by atoms with E-state index in [4.69, 9.17) is 10.4 Å². The average molecular weight is 359 g/mol. The molecule has 1 saturated carbocycles. The molecule has 2 aliphatic rings. The Balaban J connectivity index is 1.67. The summed E-state index contributed by atoms with van der Waals surface area (Å²) < 4.78 is 14.4. The molecule has 1 heterocycles. The molecule has 2 fully saturated rings. The van der Waals surface area contributed by atoms with Gasteiger partial charge in [0, 0.05) is 19.1 Å². The molecule has 26 heavy (non-hydrogen) atoms. The summed E-state index contributed by atoms with van der Waals surface area (Å²) in [6.07, 6.45) is 5.09. The number of carboxylic acids is 1. The van der Waals surface area contributed by atoms with E-state index in [-0.39, 0.29) is 17.7 Å². The van der Waals surface area contributed by atoms with E-state index in [1.54, 1.807) is 12.1 Å². The van der Waals surface area contributed by atoms with E-state index in [1.807, 2.05) is 6.07 Å². The molecule has 0 radical (unpaired) electrons. The Morgan fingerprint density at radius 3 is 2.69 bits per heavy atom. The second kappa shape index (κ2) is 8.15. The van der Waals surface area contributed by atoms with Gasteiger partial charge in [0.15, 0.2) is 0 Å². The maximum Gasteiger partial charge on any atom is 0.304 e. The number of nitrogens with zero attached hydrogens (tertiary/aromatic N) is 2. The highest BCUT2D eigenvalue weighted by atomic mass is 19.1. The van der Waals surface area contributed by atoms with Gasteiger partial charge in [0.2, 0.25) is 0 Å². The van der Waals surface area contributed by atoms with Crippen molar-refractivity contribution in [1.82, 2.24) is 10.2 Å². The maximum atomic E-state index is 14.4. The highest BCUT2D eigenvalue weighted by molar-refractivity contribution is 5.66. The summed E-state index contributed by atoms with van der Waals surface area (Å²) in [5, 5.41) is 21.4. The standard InChI is InChI=1S/C20H26FN3O2/c21-18-11-15(13-22)1-2-16(18)12-20(14-23-17-3-4-17)6-9-24(10-7-20)8-5-19(25)26/h1-2,11,17,23H,3-10,12,14H2,(H,25,26). The predicted octanol–water partition coefficient (Wildman–Crippen LogP) is 2.55. The van der Waals surface area contributed by atoms with E-state index in [9.17, 15) is 9.18 Å². The zero-order valence-electron chi connectivity index (χ0n) is 15.0. The van der Waals surface area contributed by atoms with Crippen molar-refractivity contribution >= 4 is 5.97 Å². The van der Waals surface area contributed by atoms with Gasteiger partial charge in [-0.15, -0.1) is 0 Å². The first-order valence-corrected chi connectivity index (χ1v) is 9.36. The van der Waals surface area contributed by atoms with Gasteiger partial charge in [-0.1, -0.05) is 6.07 Å². The van der Waals surface area contributed by atoms with Crippen LogP contribution in [0.15, 0.2) is 18.2 Å². The summed E-state index contributed by atoms with van der Waals surface area (Å²) in [4.78, 5) is 13.0. The van der Waals surface area contributed by atoms with E-state index < -0.39 is 5.97 Å². The number of nitrogens with one attached hydrogen (secondary N) is 1. The van der Waals surface area contributed by atoms with Crippen LogP contribution in [0.3, 0.4) is 0 Å². The Labute approximate surface area is 153 Å². The minimum atomic E-state index is -0.767. The number of carbonyl (C=O) groups is 1. The van der Waals surface area contributed by atoms with Crippen molar-refractivity contribution in [2.45, 2.75) is 44.6 Å². The van der Waals surface area contributed by atoms with Gasteiger partial charge < -0.3 is 15.3 Å². The van der Waals surface area contributed by atoms with Gasteiger partial charge in [-0.3, -0.25) is 4.79 Å². The van der Waals surface area contributed by atoms with Crippen molar-refractivity contribution in [2.24, 2.45) is 5.41 Å². The smallest absolute Gasteiger partial charge is 0.304 e. The number of hydrogen-bond acceptors (Lipinski definition) is 4. The zero-order valence-corrected chi connectivity index (χ0v) is 15.0. The van der Waals surface area contributed by atoms with Gasteiger partial charge in [0.05, 0.1) is 18.1 Å². The van der Waals surface area contributed by atoms with Crippen LogP contribution in [0.2, 0.25) is 0 Å². The fourth-order valence-corrected chi connectivity index (χ4v) is 3.73. The summed E-state index contributed by atoms with van der Waals surface area (Å²) in [5.74, 6) is -1.07. The largest absolute Gasteiger partial charge is 0.481 e. The molecule has 0 spiro atoms. The molecule has 1 aliphatic heterocycles. The number of rotatable bonds is 8. The topological polar surface area (TPSA) is 76.4 Å². The summed E-state index contributed by atoms with van der Waals surface area (Å²) in [6.45, 7) is 3.13. The lowest BCUT2D eigenvalue weighted by Gasteiger charge is -2.42. The van der Waals surface area contributed by atoms with Crippen LogP contribution >= 0.6 is 0 Å². The summed E-state index contributed by atoms with van der Waals surface area (Å²) in [7, 11) is 0. The van der Waals surface area contributed by atoms with E-state index >= 15 is 0 Å². The molecule has 6 heteroatoms. The molecule has 2 N–H and O–H groups in total. The molecule has 0 aromatic heterocycles. The Bertz CT molecular complexity index is 689. The lowest BCUT2D eigenvalue weighted by molar-refractivity contribution is -0.137. The van der Waals surface area contributed by atoms with E-state index in [1.165, 1.54) is 18.9 Å². The minimum Gasteiger partial charge on any atom is -0.481 e. The third-order valence-electron chi connectivity index (χ3n) is 5.65. The number of likely N-dealkylation sites (tertiary alicyclic amines) is 1. The van der Waals surface area contributed by atoms with E-state index in [0.29, 0.717) is 30.1 Å². The van der Waals surface area contributed by atoms with Gasteiger partial charge in [-0.05, 0) is 68.3 Å². The van der Waals surface area contributed by atoms with Crippen LogP contribution in [0.25, 0.3) is 0 Å². The Morgan fingerprint density at radius 1 is 1.38 bits per heavy atom. The predicted molar refractivity (Wildman–Crippen MR) is 96.2 cm³/mol. The van der Waals surface area contributed by atoms with Gasteiger partial charge in [-0.25, -0.2) is 4.39 Å². The molecule has 1 aromatic carbocycles. The molecule has 1 saturated heterocycles. The molecule has 140 valence electrons. The first-order valence-electron chi connectivity index (χ1n) is 9.36. The summed E-state index contributed by atoms with van der Waals surface area (Å²) >= 11 is 0. The molecular weight excluding hydrogens is 333 g/mol. The summed E-state index contributed by atoms with van der Waals surface area (Å²) in [5.41, 5.74) is 0.998. The molecular formula is C20H26FN3O2. The molecule has 1 aliphatic carbocycles. The third kappa shape index (κ3) is 5.03. The molecule has 0 amide bonds. The second-order valence-electron chi connectivity index (χ2n) is 7.74. The van der Waals surface area contributed by atoms with Crippen molar-refractivity contribution < 1.29 is 14.3 Å². The van der Waals surface area contributed by atoms with Crippen LogP contribution in [0.4, 0.5) is 4.39 Å². The highest BCUT2D eigenvalue weighted by Crippen LogP contribution is 2.36. The van der Waals surface area contributed by atoms with Gasteiger partial charge in [0.1, 0.15) is 5.82 Å². The number of halogens is 1. The van der Waals surface area contributed by atoms with Crippen LogP contribution in [0.1, 0.15) is 43.2 Å². The van der Waals surface area contributed by atoms with Gasteiger partial charge in [0.25, 0.3) is 0 Å². The van der Waals surface area contributed by atoms with Crippen molar-refractivity contribution in [2.75, 3.05) is 26.2 Å². The van der Waals surface area contributed by atoms with Crippen LogP contribution < -0.4 is 5.32 Å². The molecule has 5 nitrogen and oxygen atoms in total. The number of hydrogen-bond donors (Lipinski definition) is 2. The number of piperidine rings is 1. The normalized spacial score (nSPS) is 19.8. The fourth-order valence-electron chi connectivity index (χ4n) is 3.73. The number of aliphatic carboxylic acids is 1. The van der Waals surface area contributed by atoms with Crippen molar-refractivity contribution in [3.63, 3.8) is 0 Å². The average Bonchev–Trinajstić information content (AvgIpc) is 3.46. The Hall–Kier alpha value is -1.97. The highest BCUT2D eigenvalue weighted by Gasteiger charge is 2.36. The molecule has 1 aromatic rings. The zero-order chi connectivity index (χ0) is 18.6. The summed E-state index contributed by atoms with van der Waals surface area (Å²) in [6, 6.07) is 7.32. The lowest BCUT2D eigenvalue weighted by Crippen LogP contribution is -2.47. The molecule has 0 bridgehead atoms. The van der Waals surface area contributed by atoms with Crippen LogP contribution in [-0.4, -0.2) is 48.2 Å². The van der Waals surface area contributed by atoms with Crippen molar-refractivity contribution in [1.29, 1.82) is 5.26 Å². The SMILES string of the molecule is N#Cc1ccc(CC2(CNC3CC3)CCN(CCC(=O)O)CC2)c(F)c1. The first kappa shape index (κ1) is 18.8. The number of benzene rings is 1. The van der Waals surface area contributed by atoms with Crippen molar-refractivity contribution in [3.8, 4) is 6.07 Å². The number of carboxylic acid groups (broad SMARTS) is 1. The van der Waals surface area contributed by atoms with Crippen LogP contribution in [-0.2, 0) is 11.2 Å². The monoisotopic (exact) mass is 359 g/mol. The quantitative estimate of drug-likeness (QED) is 0.746. The molecule has 0 unspecified atom stereocenters. The number of nitriles is 1. The van der Waals surface area contributed by atoms with Crippen LogP contribution in [0.5, 0.6) is 0 Å². The molecule has 3 rings (SSSR count). The fraction of sp³-hybridized carbons (Fsp3) is 0.600. The van der Waals surface area contributed by atoms with Crippen molar-refractivity contribution in [3.05, 3.63) is 35.1 Å². The van der Waals surface area contributed by atoms with Crippen LogP contribution in [0, 0.1) is 22.6 Å². The van der Waals surface area contributed by atoms with E-state index in [0.717, 1.165) is 32.5 Å². The van der Waals surface area contributed by atoms with Gasteiger partial charge in [-0.2, -0.15) is 5.26 Å². The Morgan fingerprint density at radius 2 is 2.12 bits per heavy atom.